The summed E-state index contributed by atoms with van der Waals surface area (Å²) >= 11 is 0. The van der Waals surface area contributed by atoms with E-state index in [0.717, 1.165) is 25.0 Å². The Balaban J connectivity index is 1.95. The maximum atomic E-state index is 11.3. The molecule has 1 aromatic rings. The lowest BCUT2D eigenvalue weighted by Crippen LogP contribution is -2.31. The Morgan fingerprint density at radius 2 is 2.33 bits per heavy atom. The van der Waals surface area contributed by atoms with Crippen LogP contribution in [0.5, 0.6) is 0 Å². The van der Waals surface area contributed by atoms with Gasteiger partial charge in [0.25, 0.3) is 0 Å². The van der Waals surface area contributed by atoms with Crippen LogP contribution in [0, 0.1) is 0 Å². The predicted octanol–water partition coefficient (Wildman–Crippen LogP) is 2.83. The van der Waals surface area contributed by atoms with E-state index in [1.807, 2.05) is 13.0 Å². The number of nitrogens with one attached hydrogen (secondary N) is 1. The Kier molecular flexibility index (Phi) is 4.20. The van der Waals surface area contributed by atoms with Gasteiger partial charge in [-0.3, -0.25) is 0 Å². The third kappa shape index (κ3) is 3.01. The van der Waals surface area contributed by atoms with Crippen molar-refractivity contribution in [3.63, 3.8) is 0 Å². The number of esters is 1. The summed E-state index contributed by atoms with van der Waals surface area (Å²) in [6.45, 7) is 2.04. The zero-order valence-corrected chi connectivity index (χ0v) is 10.8. The van der Waals surface area contributed by atoms with E-state index in [1.165, 1.54) is 7.11 Å². The van der Waals surface area contributed by atoms with E-state index in [9.17, 15) is 4.79 Å². The molecule has 4 nitrogen and oxygen atoms in total. The van der Waals surface area contributed by atoms with E-state index >= 15 is 0 Å². The fourth-order valence-corrected chi connectivity index (χ4v) is 2.18. The lowest BCUT2D eigenvalue weighted by Gasteiger charge is -2.22. The topological polar surface area (TPSA) is 51.5 Å². The number of hydrogen-bond donors (Lipinski definition) is 1. The largest absolute Gasteiger partial charge is 0.463 e. The molecule has 1 aliphatic rings. The van der Waals surface area contributed by atoms with E-state index in [2.05, 4.69) is 22.2 Å². The van der Waals surface area contributed by atoms with E-state index in [4.69, 9.17) is 4.42 Å². The molecule has 0 bridgehead atoms. The van der Waals surface area contributed by atoms with E-state index in [-0.39, 0.29) is 11.8 Å². The quantitative estimate of drug-likeness (QED) is 0.658. The van der Waals surface area contributed by atoms with Gasteiger partial charge in [0.2, 0.25) is 5.76 Å². The van der Waals surface area contributed by atoms with Crippen LogP contribution < -0.4 is 5.32 Å². The minimum atomic E-state index is -0.436. The third-order valence-electron chi connectivity index (χ3n) is 3.19. The fourth-order valence-electron chi connectivity index (χ4n) is 2.18. The van der Waals surface area contributed by atoms with Crippen LogP contribution in [0.15, 0.2) is 28.7 Å². The van der Waals surface area contributed by atoms with Crippen molar-refractivity contribution in [3.05, 3.63) is 35.8 Å². The summed E-state index contributed by atoms with van der Waals surface area (Å²) < 4.78 is 10.1. The van der Waals surface area contributed by atoms with Gasteiger partial charge in [0.15, 0.2) is 0 Å². The normalized spacial score (nSPS) is 20.7. The highest BCUT2D eigenvalue weighted by Gasteiger charge is 2.18. The molecule has 1 heterocycles. The molecule has 2 unspecified atom stereocenters. The summed E-state index contributed by atoms with van der Waals surface area (Å²) in [5.74, 6) is 0.587. The van der Waals surface area contributed by atoms with Gasteiger partial charge < -0.3 is 14.5 Å². The van der Waals surface area contributed by atoms with Crippen LogP contribution in [0.1, 0.15) is 48.5 Å². The number of methoxy groups -OCH3 is 1. The smallest absolute Gasteiger partial charge is 0.373 e. The van der Waals surface area contributed by atoms with Crippen LogP contribution in [-0.4, -0.2) is 19.1 Å². The first-order valence-corrected chi connectivity index (χ1v) is 6.30. The summed E-state index contributed by atoms with van der Waals surface area (Å²) in [6.07, 6.45) is 7.73. The minimum absolute atomic E-state index is 0.0971. The van der Waals surface area contributed by atoms with Crippen LogP contribution in [-0.2, 0) is 4.74 Å². The Hall–Kier alpha value is -1.55. The van der Waals surface area contributed by atoms with Crippen molar-refractivity contribution in [2.45, 2.75) is 38.3 Å². The molecule has 1 aromatic heterocycles. The van der Waals surface area contributed by atoms with Crippen molar-refractivity contribution in [3.8, 4) is 0 Å². The van der Waals surface area contributed by atoms with Crippen LogP contribution in [0.2, 0.25) is 0 Å². The number of furan rings is 1. The minimum Gasteiger partial charge on any atom is -0.463 e. The highest BCUT2D eigenvalue weighted by molar-refractivity contribution is 5.86. The Morgan fingerprint density at radius 3 is 3.00 bits per heavy atom. The molecule has 0 aliphatic heterocycles. The number of ether oxygens (including phenoxy) is 1. The predicted molar refractivity (Wildman–Crippen MR) is 68.4 cm³/mol. The molecule has 98 valence electrons. The monoisotopic (exact) mass is 249 g/mol. The summed E-state index contributed by atoms with van der Waals surface area (Å²) in [5.41, 5.74) is 0. The first-order valence-electron chi connectivity index (χ1n) is 6.30. The molecular formula is C14H19NO3. The zero-order chi connectivity index (χ0) is 13.0. The molecule has 2 atom stereocenters. The molecule has 2 rings (SSSR count). The molecule has 18 heavy (non-hydrogen) atoms. The molecule has 4 heteroatoms. The van der Waals surface area contributed by atoms with Gasteiger partial charge in [0, 0.05) is 6.04 Å². The van der Waals surface area contributed by atoms with Crippen LogP contribution in [0.25, 0.3) is 0 Å². The van der Waals surface area contributed by atoms with E-state index < -0.39 is 5.97 Å². The first-order chi connectivity index (χ1) is 8.70. The standard InChI is InChI=1S/C14H19NO3/c1-10(15-11-6-4-3-5-7-11)12-8-9-13(18-12)14(16)17-2/h3-4,8-11,15H,5-7H2,1-2H3. The molecule has 0 radical (unpaired) electrons. The molecule has 0 spiro atoms. The highest BCUT2D eigenvalue weighted by Crippen LogP contribution is 2.20. The summed E-state index contributed by atoms with van der Waals surface area (Å²) in [6, 6.07) is 4.06. The number of carbonyl (C=O) groups is 1. The van der Waals surface area contributed by atoms with Gasteiger partial charge in [-0.2, -0.15) is 0 Å². The van der Waals surface area contributed by atoms with Crippen molar-refractivity contribution in [1.29, 1.82) is 0 Å². The zero-order valence-electron chi connectivity index (χ0n) is 10.8. The van der Waals surface area contributed by atoms with Gasteiger partial charge >= 0.3 is 5.97 Å². The Morgan fingerprint density at radius 1 is 1.50 bits per heavy atom. The second-order valence-corrected chi connectivity index (χ2v) is 4.56. The molecule has 0 saturated carbocycles. The van der Waals surface area contributed by atoms with Gasteiger partial charge in [0.05, 0.1) is 13.2 Å². The van der Waals surface area contributed by atoms with Crippen molar-refractivity contribution in [2.24, 2.45) is 0 Å². The number of hydrogen-bond acceptors (Lipinski definition) is 4. The Bertz CT molecular complexity index is 436. The van der Waals surface area contributed by atoms with Crippen molar-refractivity contribution in [2.75, 3.05) is 7.11 Å². The Labute approximate surface area is 107 Å². The highest BCUT2D eigenvalue weighted by atomic mass is 16.5. The summed E-state index contributed by atoms with van der Waals surface area (Å²) in [7, 11) is 1.35. The summed E-state index contributed by atoms with van der Waals surface area (Å²) in [5, 5.41) is 3.51. The number of carbonyl (C=O) groups excluding carboxylic acids is 1. The van der Waals surface area contributed by atoms with Gasteiger partial charge in [0.1, 0.15) is 5.76 Å². The second-order valence-electron chi connectivity index (χ2n) is 4.56. The fraction of sp³-hybridized carbons (Fsp3) is 0.500. The van der Waals surface area contributed by atoms with Gasteiger partial charge in [-0.15, -0.1) is 0 Å². The number of allylic oxidation sites excluding steroid dienone is 1. The SMILES string of the molecule is COC(=O)c1ccc(C(C)NC2CC=CCC2)o1. The van der Waals surface area contributed by atoms with Crippen LogP contribution in [0.4, 0.5) is 0 Å². The molecule has 0 amide bonds. The molecule has 1 N–H and O–H groups in total. The van der Waals surface area contributed by atoms with Crippen molar-refractivity contribution < 1.29 is 13.9 Å². The maximum Gasteiger partial charge on any atom is 0.373 e. The lowest BCUT2D eigenvalue weighted by atomic mass is 10.0. The molecule has 1 aliphatic carbocycles. The van der Waals surface area contributed by atoms with E-state index in [1.54, 1.807) is 6.07 Å². The van der Waals surface area contributed by atoms with Crippen LogP contribution in [0.3, 0.4) is 0 Å². The molecular weight excluding hydrogens is 230 g/mol. The average molecular weight is 249 g/mol. The molecule has 0 fully saturated rings. The lowest BCUT2D eigenvalue weighted by molar-refractivity contribution is 0.0562. The molecule has 0 aromatic carbocycles. The van der Waals surface area contributed by atoms with Crippen LogP contribution >= 0.6 is 0 Å². The van der Waals surface area contributed by atoms with Gasteiger partial charge in [-0.05, 0) is 38.3 Å². The van der Waals surface area contributed by atoms with Gasteiger partial charge in [-0.1, -0.05) is 12.2 Å². The third-order valence-corrected chi connectivity index (χ3v) is 3.19. The van der Waals surface area contributed by atoms with Gasteiger partial charge in [-0.25, -0.2) is 4.79 Å². The summed E-state index contributed by atoms with van der Waals surface area (Å²) in [4.78, 5) is 11.3. The van der Waals surface area contributed by atoms with Crippen molar-refractivity contribution >= 4 is 5.97 Å². The van der Waals surface area contributed by atoms with Crippen molar-refractivity contribution in [1.82, 2.24) is 5.32 Å². The average Bonchev–Trinajstić information content (AvgIpc) is 2.88. The molecule has 0 saturated heterocycles. The number of rotatable bonds is 4. The first kappa shape index (κ1) is 12.9. The second kappa shape index (κ2) is 5.87. The van der Waals surface area contributed by atoms with E-state index in [0.29, 0.717) is 6.04 Å². The maximum absolute atomic E-state index is 11.3.